The van der Waals surface area contributed by atoms with Crippen LogP contribution in [-0.4, -0.2) is 43.7 Å². The van der Waals surface area contributed by atoms with Gasteiger partial charge in [0, 0.05) is 24.2 Å². The zero-order valence-electron chi connectivity index (χ0n) is 13.4. The summed E-state index contributed by atoms with van der Waals surface area (Å²) in [6.07, 6.45) is -4.95. The van der Waals surface area contributed by atoms with Crippen molar-refractivity contribution in [3.05, 3.63) is 29.8 Å². The average molecular weight is 358 g/mol. The quantitative estimate of drug-likeness (QED) is 0.818. The number of nitrogens with zero attached hydrogens (tertiary/aromatic N) is 1. The second-order valence-electron chi connectivity index (χ2n) is 5.56. The number of carbonyl (C=O) groups is 3. The van der Waals surface area contributed by atoms with E-state index in [-0.39, 0.29) is 11.5 Å². The molecule has 0 bridgehead atoms. The van der Waals surface area contributed by atoms with Crippen LogP contribution in [0, 0.1) is 0 Å². The molecule has 25 heavy (non-hydrogen) atoms. The highest BCUT2D eigenvalue weighted by Gasteiger charge is 2.37. The first-order valence-corrected chi connectivity index (χ1v) is 7.57. The fourth-order valence-electron chi connectivity index (χ4n) is 2.52. The number of benzene rings is 1. The van der Waals surface area contributed by atoms with E-state index >= 15 is 0 Å². The number of ether oxygens (including phenoxy) is 1. The molecule has 1 aliphatic heterocycles. The maximum Gasteiger partial charge on any atom is 0.391 e. The highest BCUT2D eigenvalue weighted by Crippen LogP contribution is 2.23. The lowest BCUT2D eigenvalue weighted by molar-refractivity contribution is -0.160. The third-order valence-corrected chi connectivity index (χ3v) is 3.74. The summed E-state index contributed by atoms with van der Waals surface area (Å²) in [6.45, 7) is 0.584. The van der Waals surface area contributed by atoms with Crippen molar-refractivity contribution in [1.82, 2.24) is 5.32 Å². The van der Waals surface area contributed by atoms with Gasteiger partial charge in [-0.05, 0) is 30.7 Å². The fourth-order valence-corrected chi connectivity index (χ4v) is 2.52. The Morgan fingerprint density at radius 3 is 2.40 bits per heavy atom. The van der Waals surface area contributed by atoms with Crippen LogP contribution < -0.4 is 10.2 Å². The summed E-state index contributed by atoms with van der Waals surface area (Å²) in [4.78, 5) is 36.8. The molecular weight excluding hydrogens is 341 g/mol. The largest absolute Gasteiger partial charge is 0.467 e. The molecule has 0 saturated carbocycles. The number of anilines is 1. The zero-order chi connectivity index (χ0) is 18.6. The molecule has 1 N–H and O–H groups in total. The van der Waals surface area contributed by atoms with Gasteiger partial charge in [-0.1, -0.05) is 0 Å². The Kier molecular flexibility index (Phi) is 5.66. The lowest BCUT2D eigenvalue weighted by Crippen LogP contribution is -2.44. The predicted molar refractivity (Wildman–Crippen MR) is 82.0 cm³/mol. The van der Waals surface area contributed by atoms with Crippen molar-refractivity contribution < 1.29 is 32.3 Å². The summed E-state index contributed by atoms with van der Waals surface area (Å²) in [5.41, 5.74) is 0.685. The smallest absolute Gasteiger partial charge is 0.391 e. The molecule has 1 unspecified atom stereocenters. The van der Waals surface area contributed by atoms with E-state index in [9.17, 15) is 27.6 Å². The molecule has 1 aromatic rings. The van der Waals surface area contributed by atoms with E-state index in [0.717, 1.165) is 13.5 Å². The lowest BCUT2D eigenvalue weighted by Gasteiger charge is -2.19. The monoisotopic (exact) mass is 358 g/mol. The van der Waals surface area contributed by atoms with Crippen LogP contribution in [0.15, 0.2) is 24.3 Å². The number of halogens is 3. The Hall–Kier alpha value is -2.58. The number of nitrogens with one attached hydrogen (secondary N) is 1. The maximum atomic E-state index is 12.5. The topological polar surface area (TPSA) is 75.7 Å². The second-order valence-corrected chi connectivity index (χ2v) is 5.56. The van der Waals surface area contributed by atoms with Crippen LogP contribution in [0.4, 0.5) is 18.9 Å². The second kappa shape index (κ2) is 7.54. The molecule has 0 aromatic heterocycles. The number of hydrogen-bond donors (Lipinski definition) is 1. The summed E-state index contributed by atoms with van der Waals surface area (Å²) in [6, 6.07) is 4.03. The number of amides is 2. The zero-order valence-corrected chi connectivity index (χ0v) is 13.4. The van der Waals surface area contributed by atoms with Crippen molar-refractivity contribution in [2.75, 3.05) is 18.6 Å². The van der Waals surface area contributed by atoms with Gasteiger partial charge in [-0.2, -0.15) is 13.2 Å². The molecule has 1 saturated heterocycles. The fraction of sp³-hybridized carbons (Fsp3) is 0.438. The van der Waals surface area contributed by atoms with Crippen molar-refractivity contribution >= 4 is 23.5 Å². The third-order valence-electron chi connectivity index (χ3n) is 3.74. The highest BCUT2D eigenvalue weighted by molar-refractivity contribution is 5.98. The SMILES string of the molecule is COC(=O)C(CC(F)(F)F)NC(=O)c1ccc(N2CCCC2=O)cc1. The Bertz CT molecular complexity index is 658. The molecule has 1 aromatic carbocycles. The summed E-state index contributed by atoms with van der Waals surface area (Å²) in [5.74, 6) is -2.03. The third kappa shape index (κ3) is 4.94. The van der Waals surface area contributed by atoms with E-state index < -0.39 is 30.5 Å². The normalized spacial score (nSPS) is 15.8. The number of methoxy groups -OCH3 is 1. The van der Waals surface area contributed by atoms with Crippen LogP contribution in [0.5, 0.6) is 0 Å². The summed E-state index contributed by atoms with van der Waals surface area (Å²) >= 11 is 0. The Morgan fingerprint density at radius 1 is 1.28 bits per heavy atom. The minimum Gasteiger partial charge on any atom is -0.467 e. The van der Waals surface area contributed by atoms with Gasteiger partial charge in [0.1, 0.15) is 6.04 Å². The molecule has 1 aliphatic rings. The van der Waals surface area contributed by atoms with Crippen LogP contribution in [0.1, 0.15) is 29.6 Å². The van der Waals surface area contributed by atoms with Gasteiger partial charge in [0.2, 0.25) is 5.91 Å². The first-order chi connectivity index (χ1) is 11.7. The van der Waals surface area contributed by atoms with Crippen molar-refractivity contribution in [2.45, 2.75) is 31.5 Å². The molecule has 1 heterocycles. The molecule has 0 aliphatic carbocycles. The van der Waals surface area contributed by atoms with E-state index in [1.165, 1.54) is 24.3 Å². The maximum absolute atomic E-state index is 12.5. The Morgan fingerprint density at radius 2 is 1.92 bits per heavy atom. The molecule has 0 radical (unpaired) electrons. The number of carbonyl (C=O) groups excluding carboxylic acids is 3. The average Bonchev–Trinajstić information content (AvgIpc) is 2.98. The van der Waals surface area contributed by atoms with Crippen LogP contribution >= 0.6 is 0 Å². The van der Waals surface area contributed by atoms with Crippen molar-refractivity contribution in [3.8, 4) is 0 Å². The molecular formula is C16H17F3N2O4. The standard InChI is InChI=1S/C16H17F3N2O4/c1-25-15(24)12(9-16(17,18)19)20-14(23)10-4-6-11(7-5-10)21-8-2-3-13(21)22/h4-7,12H,2-3,8-9H2,1H3,(H,20,23). The highest BCUT2D eigenvalue weighted by atomic mass is 19.4. The van der Waals surface area contributed by atoms with E-state index in [4.69, 9.17) is 0 Å². The minimum atomic E-state index is -4.63. The number of rotatable bonds is 5. The Labute approximate surface area is 141 Å². The van der Waals surface area contributed by atoms with Gasteiger partial charge in [-0.3, -0.25) is 9.59 Å². The molecule has 1 fully saturated rings. The number of alkyl halides is 3. The summed E-state index contributed by atoms with van der Waals surface area (Å²) in [7, 11) is 0.944. The molecule has 1 atom stereocenters. The molecule has 9 heteroatoms. The molecule has 2 amide bonds. The molecule has 2 rings (SSSR count). The summed E-state index contributed by atoms with van der Waals surface area (Å²) in [5, 5.41) is 2.02. The number of esters is 1. The predicted octanol–water partition coefficient (Wildman–Crippen LogP) is 2.04. The van der Waals surface area contributed by atoms with Gasteiger partial charge in [0.15, 0.2) is 0 Å². The van der Waals surface area contributed by atoms with Gasteiger partial charge >= 0.3 is 12.1 Å². The van der Waals surface area contributed by atoms with E-state index in [1.54, 1.807) is 4.90 Å². The first-order valence-electron chi connectivity index (χ1n) is 7.57. The van der Waals surface area contributed by atoms with Crippen molar-refractivity contribution in [1.29, 1.82) is 0 Å². The van der Waals surface area contributed by atoms with Crippen molar-refractivity contribution in [2.24, 2.45) is 0 Å². The van der Waals surface area contributed by atoms with Gasteiger partial charge < -0.3 is 15.0 Å². The minimum absolute atomic E-state index is 0.0202. The van der Waals surface area contributed by atoms with Gasteiger partial charge in [-0.15, -0.1) is 0 Å². The first kappa shape index (κ1) is 18.8. The molecule has 0 spiro atoms. The van der Waals surface area contributed by atoms with E-state index in [2.05, 4.69) is 4.74 Å². The van der Waals surface area contributed by atoms with Gasteiger partial charge in [-0.25, -0.2) is 4.79 Å². The molecule has 136 valence electrons. The van der Waals surface area contributed by atoms with Gasteiger partial charge in [0.05, 0.1) is 13.5 Å². The van der Waals surface area contributed by atoms with Gasteiger partial charge in [0.25, 0.3) is 5.91 Å². The van der Waals surface area contributed by atoms with E-state index in [1.807, 2.05) is 5.32 Å². The Balaban J connectivity index is 2.08. The van der Waals surface area contributed by atoms with Crippen molar-refractivity contribution in [3.63, 3.8) is 0 Å². The van der Waals surface area contributed by atoms with Crippen LogP contribution in [0.2, 0.25) is 0 Å². The van der Waals surface area contributed by atoms with Crippen LogP contribution in [0.3, 0.4) is 0 Å². The van der Waals surface area contributed by atoms with E-state index in [0.29, 0.717) is 18.7 Å². The van der Waals surface area contributed by atoms with Crippen LogP contribution in [-0.2, 0) is 14.3 Å². The summed E-state index contributed by atoms with van der Waals surface area (Å²) < 4.78 is 41.9. The lowest BCUT2D eigenvalue weighted by atomic mass is 10.1. The van der Waals surface area contributed by atoms with Crippen LogP contribution in [0.25, 0.3) is 0 Å². The molecule has 6 nitrogen and oxygen atoms in total. The number of hydrogen-bond acceptors (Lipinski definition) is 4.